The van der Waals surface area contributed by atoms with Gasteiger partial charge < -0.3 is 9.88 Å². The van der Waals surface area contributed by atoms with Gasteiger partial charge in [-0.2, -0.15) is 0 Å². The smallest absolute Gasteiger partial charge is 0.234 e. The number of amides is 1. The number of anilines is 2. The first-order valence-electron chi connectivity index (χ1n) is 8.73. The lowest BCUT2D eigenvalue weighted by Crippen LogP contribution is -2.30. The van der Waals surface area contributed by atoms with Gasteiger partial charge in [0.05, 0.1) is 24.2 Å². The van der Waals surface area contributed by atoms with Gasteiger partial charge in [-0.3, -0.25) is 9.10 Å². The molecule has 3 rings (SSSR count). The zero-order valence-corrected chi connectivity index (χ0v) is 17.7. The molecule has 152 valence electrons. The average Bonchev–Trinajstić information content (AvgIpc) is 3.04. The van der Waals surface area contributed by atoms with Gasteiger partial charge >= 0.3 is 0 Å². The van der Waals surface area contributed by atoms with Crippen LogP contribution in [0.25, 0.3) is 0 Å². The molecule has 1 aromatic heterocycles. The Hall–Kier alpha value is -2.85. The number of hydrogen-bond acceptors (Lipinski definition) is 6. The van der Waals surface area contributed by atoms with Crippen molar-refractivity contribution in [1.82, 2.24) is 14.8 Å². The van der Waals surface area contributed by atoms with Crippen LogP contribution in [-0.2, 0) is 28.4 Å². The number of nitrogens with one attached hydrogen (secondary N) is 1. The first-order chi connectivity index (χ1) is 13.8. The van der Waals surface area contributed by atoms with Crippen LogP contribution < -0.4 is 9.62 Å². The van der Waals surface area contributed by atoms with Crippen LogP contribution in [0.1, 0.15) is 5.82 Å². The summed E-state index contributed by atoms with van der Waals surface area (Å²) in [5.41, 5.74) is 1.28. The van der Waals surface area contributed by atoms with Crippen molar-refractivity contribution in [3.05, 3.63) is 66.5 Å². The maximum absolute atomic E-state index is 12.3. The molecule has 0 bridgehead atoms. The topological polar surface area (TPSA) is 97.2 Å². The van der Waals surface area contributed by atoms with Crippen molar-refractivity contribution in [2.45, 2.75) is 11.7 Å². The molecule has 0 saturated carbocycles. The van der Waals surface area contributed by atoms with Crippen molar-refractivity contribution in [1.29, 1.82) is 0 Å². The second kappa shape index (κ2) is 9.10. The molecule has 1 heterocycles. The van der Waals surface area contributed by atoms with Crippen molar-refractivity contribution in [3.63, 3.8) is 0 Å². The number of nitrogens with zero attached hydrogens (tertiary/aromatic N) is 4. The van der Waals surface area contributed by atoms with E-state index in [0.717, 1.165) is 11.9 Å². The van der Waals surface area contributed by atoms with Gasteiger partial charge in [-0.15, -0.1) is 10.2 Å². The molecule has 0 saturated heterocycles. The molecule has 0 aliphatic heterocycles. The van der Waals surface area contributed by atoms with Gasteiger partial charge in [0.1, 0.15) is 0 Å². The molecule has 0 spiro atoms. The fraction of sp³-hybridized carbons (Fsp3) is 0.211. The first kappa shape index (κ1) is 20.9. The lowest BCUT2D eigenvalue weighted by molar-refractivity contribution is -0.113. The van der Waals surface area contributed by atoms with Crippen LogP contribution in [0.15, 0.2) is 65.8 Å². The molecule has 0 radical (unpaired) electrons. The maximum atomic E-state index is 12.3. The highest BCUT2D eigenvalue weighted by atomic mass is 32.2. The summed E-state index contributed by atoms with van der Waals surface area (Å²) in [5.74, 6) is 0.480. The predicted molar refractivity (Wildman–Crippen MR) is 114 cm³/mol. The molecule has 3 aromatic rings. The summed E-state index contributed by atoms with van der Waals surface area (Å²) in [4.78, 5) is 12.1. The first-order valence-corrected chi connectivity index (χ1v) is 11.6. The van der Waals surface area contributed by atoms with Crippen molar-refractivity contribution in [3.8, 4) is 0 Å². The number of para-hydroxylation sites is 2. The van der Waals surface area contributed by atoms with Crippen LogP contribution in [0.4, 0.5) is 11.4 Å². The number of aromatic nitrogens is 3. The quantitative estimate of drug-likeness (QED) is 0.551. The van der Waals surface area contributed by atoms with E-state index in [1.807, 2.05) is 36.4 Å². The van der Waals surface area contributed by atoms with Crippen molar-refractivity contribution >= 4 is 39.1 Å². The van der Waals surface area contributed by atoms with E-state index in [1.54, 1.807) is 35.9 Å². The molecule has 1 amide bonds. The van der Waals surface area contributed by atoms with Gasteiger partial charge in [0.25, 0.3) is 0 Å². The summed E-state index contributed by atoms with van der Waals surface area (Å²) in [6.07, 6.45) is 1.15. The number of rotatable bonds is 8. The van der Waals surface area contributed by atoms with E-state index in [2.05, 4.69) is 15.5 Å². The number of sulfonamides is 1. The maximum Gasteiger partial charge on any atom is 0.234 e. The van der Waals surface area contributed by atoms with E-state index in [-0.39, 0.29) is 18.2 Å². The van der Waals surface area contributed by atoms with Crippen LogP contribution in [-0.4, -0.2) is 41.1 Å². The number of thioether (sulfide) groups is 1. The van der Waals surface area contributed by atoms with Gasteiger partial charge in [-0.1, -0.05) is 48.2 Å². The minimum Gasteiger partial charge on any atom is -0.325 e. The van der Waals surface area contributed by atoms with Gasteiger partial charge in [0.15, 0.2) is 11.0 Å². The van der Waals surface area contributed by atoms with Gasteiger partial charge in [-0.25, -0.2) is 8.42 Å². The number of carbonyl (C=O) groups excluding carboxylic acids is 1. The van der Waals surface area contributed by atoms with Gasteiger partial charge in [-0.05, 0) is 24.3 Å². The lowest BCUT2D eigenvalue weighted by atomic mass is 10.3. The summed E-state index contributed by atoms with van der Waals surface area (Å²) in [7, 11) is -1.75. The minimum atomic E-state index is -3.50. The highest BCUT2D eigenvalue weighted by Gasteiger charge is 2.21. The molecule has 8 nitrogen and oxygen atoms in total. The third-order valence-electron chi connectivity index (χ3n) is 4.04. The molecule has 29 heavy (non-hydrogen) atoms. The highest BCUT2D eigenvalue weighted by molar-refractivity contribution is 7.99. The largest absolute Gasteiger partial charge is 0.325 e. The van der Waals surface area contributed by atoms with Gasteiger partial charge in [0.2, 0.25) is 15.9 Å². The monoisotopic (exact) mass is 431 g/mol. The molecule has 0 aliphatic rings. The van der Waals surface area contributed by atoms with Crippen LogP contribution in [0.2, 0.25) is 0 Å². The van der Waals surface area contributed by atoms with E-state index < -0.39 is 10.0 Å². The molecule has 0 unspecified atom stereocenters. The molecule has 0 aliphatic carbocycles. The molecule has 10 heteroatoms. The molecule has 2 aromatic carbocycles. The highest BCUT2D eigenvalue weighted by Crippen LogP contribution is 2.22. The Balaban J connectivity index is 1.67. The van der Waals surface area contributed by atoms with Crippen molar-refractivity contribution < 1.29 is 13.2 Å². The van der Waals surface area contributed by atoms with E-state index in [1.165, 1.54) is 16.1 Å². The van der Waals surface area contributed by atoms with E-state index in [4.69, 9.17) is 0 Å². The van der Waals surface area contributed by atoms with E-state index in [9.17, 15) is 13.2 Å². The van der Waals surface area contributed by atoms with E-state index >= 15 is 0 Å². The standard InChI is InChI=1S/C19H21N5O3S2/c1-23-17(13-24(29(2,26)27)16-11-7-4-8-12-16)21-22-19(23)28-14-18(25)20-15-9-5-3-6-10-15/h3-12H,13-14H2,1-2H3,(H,20,25). The Bertz CT molecular complexity index is 1070. The van der Waals surface area contributed by atoms with E-state index in [0.29, 0.717) is 16.7 Å². The van der Waals surface area contributed by atoms with Crippen LogP contribution >= 0.6 is 11.8 Å². The summed E-state index contributed by atoms with van der Waals surface area (Å²) in [5, 5.41) is 11.5. The normalized spacial score (nSPS) is 11.2. The zero-order valence-electron chi connectivity index (χ0n) is 16.0. The Morgan fingerprint density at radius 3 is 2.31 bits per heavy atom. The van der Waals surface area contributed by atoms with Crippen molar-refractivity contribution in [2.24, 2.45) is 7.05 Å². The number of benzene rings is 2. The summed E-state index contributed by atoms with van der Waals surface area (Å²) >= 11 is 1.23. The lowest BCUT2D eigenvalue weighted by Gasteiger charge is -2.21. The Morgan fingerprint density at radius 1 is 1.07 bits per heavy atom. The summed E-state index contributed by atoms with van der Waals surface area (Å²) < 4.78 is 27.5. The second-order valence-corrected chi connectivity index (χ2v) is 9.12. The Kier molecular flexibility index (Phi) is 6.55. The van der Waals surface area contributed by atoms with Gasteiger partial charge in [0, 0.05) is 12.7 Å². The van der Waals surface area contributed by atoms with Crippen LogP contribution in [0.3, 0.4) is 0 Å². The SMILES string of the molecule is Cn1c(CN(c2ccccc2)S(C)(=O)=O)nnc1SCC(=O)Nc1ccccc1. The molecular weight excluding hydrogens is 410 g/mol. The van der Waals surface area contributed by atoms with Crippen LogP contribution in [0.5, 0.6) is 0 Å². The molecule has 0 fully saturated rings. The average molecular weight is 432 g/mol. The Labute approximate surface area is 174 Å². The molecule has 0 atom stereocenters. The fourth-order valence-corrected chi connectivity index (χ4v) is 4.16. The second-order valence-electron chi connectivity index (χ2n) is 6.27. The Morgan fingerprint density at radius 2 is 1.69 bits per heavy atom. The van der Waals surface area contributed by atoms with Crippen molar-refractivity contribution in [2.75, 3.05) is 21.6 Å². The third kappa shape index (κ3) is 5.58. The van der Waals surface area contributed by atoms with Crippen LogP contribution in [0, 0.1) is 0 Å². The fourth-order valence-electron chi connectivity index (χ4n) is 2.58. The minimum absolute atomic E-state index is 0.0448. The number of hydrogen-bond donors (Lipinski definition) is 1. The predicted octanol–water partition coefficient (Wildman–Crippen LogP) is 2.51. The molecule has 1 N–H and O–H groups in total. The summed E-state index contributed by atoms with van der Waals surface area (Å²) in [6, 6.07) is 18.0. The molecular formula is C19H21N5O3S2. The number of carbonyl (C=O) groups is 1. The zero-order chi connectivity index (χ0) is 20.9. The summed E-state index contributed by atoms with van der Waals surface area (Å²) in [6.45, 7) is 0.0448. The third-order valence-corrected chi connectivity index (χ3v) is 6.21.